The maximum atomic E-state index is 12.4. The number of nitrogens with one attached hydrogen (secondary N) is 2. The Kier molecular flexibility index (Phi) is 4.90. The lowest BCUT2D eigenvalue weighted by molar-refractivity contribution is 0.0744. The van der Waals surface area contributed by atoms with Crippen molar-refractivity contribution < 1.29 is 4.79 Å². The monoisotopic (exact) mass is 352 g/mol. The molecule has 1 amide bonds. The Morgan fingerprint density at radius 3 is 2.70 bits per heavy atom. The van der Waals surface area contributed by atoms with Crippen LogP contribution in [0.3, 0.4) is 0 Å². The number of hydrogen-bond acceptors (Lipinski definition) is 3. The first-order valence-electron chi connectivity index (χ1n) is 7.62. The molecule has 0 saturated carbocycles. The molecule has 0 unspecified atom stereocenters. The van der Waals surface area contributed by atoms with Crippen molar-refractivity contribution in [3.8, 4) is 11.4 Å². The van der Waals surface area contributed by atoms with E-state index in [-0.39, 0.29) is 5.91 Å². The molecule has 1 saturated heterocycles. The second-order valence-electron chi connectivity index (χ2n) is 5.67. The summed E-state index contributed by atoms with van der Waals surface area (Å²) in [6.45, 7) is 3.58. The number of carbonyl (C=O) groups excluding carboxylic acids is 1. The summed E-state index contributed by atoms with van der Waals surface area (Å²) in [4.78, 5) is 20.0. The zero-order valence-electron chi connectivity index (χ0n) is 12.8. The number of hydrogen-bond donors (Lipinski definition) is 2. The number of halogens is 2. The van der Waals surface area contributed by atoms with Crippen LogP contribution in [-0.4, -0.2) is 34.0 Å². The molecule has 5 nitrogen and oxygen atoms in total. The third-order valence-corrected chi connectivity index (χ3v) is 4.45. The number of amides is 1. The molecule has 0 aliphatic carbocycles. The predicted molar refractivity (Wildman–Crippen MR) is 91.7 cm³/mol. The van der Waals surface area contributed by atoms with Gasteiger partial charge in [-0.15, -0.1) is 0 Å². The smallest absolute Gasteiger partial charge is 0.286 e. The van der Waals surface area contributed by atoms with Crippen LogP contribution in [0.15, 0.2) is 18.2 Å². The molecule has 0 atom stereocenters. The SMILES string of the molecule is Cc1[nH]c(-c2ccc(Cl)cc2Cl)nc1C(=O)NN1CCCCC1. The molecule has 1 fully saturated rings. The summed E-state index contributed by atoms with van der Waals surface area (Å²) >= 11 is 12.1. The number of rotatable bonds is 3. The number of H-pyrrole nitrogens is 1. The van der Waals surface area contributed by atoms with Crippen molar-refractivity contribution in [1.29, 1.82) is 0 Å². The molecule has 3 rings (SSSR count). The second-order valence-corrected chi connectivity index (χ2v) is 6.52. The van der Waals surface area contributed by atoms with Crippen LogP contribution in [0.5, 0.6) is 0 Å². The fraction of sp³-hybridized carbons (Fsp3) is 0.375. The lowest BCUT2D eigenvalue weighted by atomic mass is 10.2. The number of benzene rings is 1. The van der Waals surface area contributed by atoms with Gasteiger partial charge in [0.05, 0.1) is 5.02 Å². The van der Waals surface area contributed by atoms with Gasteiger partial charge in [-0.05, 0) is 38.0 Å². The summed E-state index contributed by atoms with van der Waals surface area (Å²) in [5, 5.41) is 3.01. The standard InChI is InChI=1S/C16H18Cl2N4O/c1-10-14(16(23)21-22-7-3-2-4-8-22)20-15(19-10)12-6-5-11(17)9-13(12)18/h5-6,9H,2-4,7-8H2,1H3,(H,19,20)(H,21,23). The molecule has 23 heavy (non-hydrogen) atoms. The van der Waals surface area contributed by atoms with Gasteiger partial charge in [-0.1, -0.05) is 29.6 Å². The van der Waals surface area contributed by atoms with Gasteiger partial charge in [0, 0.05) is 29.4 Å². The van der Waals surface area contributed by atoms with E-state index in [0.717, 1.165) is 31.5 Å². The molecule has 0 radical (unpaired) electrons. The summed E-state index contributed by atoms with van der Waals surface area (Å²) in [7, 11) is 0. The molecule has 1 aromatic heterocycles. The summed E-state index contributed by atoms with van der Waals surface area (Å²) in [5.74, 6) is 0.366. The molecule has 2 heterocycles. The lowest BCUT2D eigenvalue weighted by Gasteiger charge is -2.26. The average Bonchev–Trinajstić information content (AvgIpc) is 2.90. The van der Waals surface area contributed by atoms with Crippen LogP contribution in [-0.2, 0) is 0 Å². The molecule has 2 N–H and O–H groups in total. The van der Waals surface area contributed by atoms with Crippen molar-refractivity contribution >= 4 is 29.1 Å². The van der Waals surface area contributed by atoms with Crippen LogP contribution in [0.1, 0.15) is 35.4 Å². The third-order valence-electron chi connectivity index (χ3n) is 3.90. The van der Waals surface area contributed by atoms with E-state index in [1.165, 1.54) is 6.42 Å². The van der Waals surface area contributed by atoms with E-state index < -0.39 is 0 Å². The molecular weight excluding hydrogens is 335 g/mol. The van der Waals surface area contributed by atoms with Crippen LogP contribution >= 0.6 is 23.2 Å². The number of aromatic amines is 1. The van der Waals surface area contributed by atoms with Gasteiger partial charge in [-0.2, -0.15) is 0 Å². The highest BCUT2D eigenvalue weighted by atomic mass is 35.5. The second kappa shape index (κ2) is 6.91. The molecule has 0 spiro atoms. The van der Waals surface area contributed by atoms with E-state index in [2.05, 4.69) is 15.4 Å². The van der Waals surface area contributed by atoms with Crippen LogP contribution in [0.4, 0.5) is 0 Å². The van der Waals surface area contributed by atoms with Crippen molar-refractivity contribution in [2.75, 3.05) is 13.1 Å². The minimum absolute atomic E-state index is 0.197. The maximum Gasteiger partial charge on any atom is 0.286 e. The number of carbonyl (C=O) groups is 1. The quantitative estimate of drug-likeness (QED) is 0.882. The molecule has 7 heteroatoms. The van der Waals surface area contributed by atoms with E-state index in [1.54, 1.807) is 18.2 Å². The maximum absolute atomic E-state index is 12.4. The number of aryl methyl sites for hydroxylation is 1. The number of hydrazine groups is 1. The first-order chi connectivity index (χ1) is 11.0. The van der Waals surface area contributed by atoms with E-state index >= 15 is 0 Å². The highest BCUT2D eigenvalue weighted by Gasteiger charge is 2.20. The Hall–Kier alpha value is -1.56. The van der Waals surface area contributed by atoms with E-state index in [9.17, 15) is 4.79 Å². The molecular formula is C16H18Cl2N4O. The lowest BCUT2D eigenvalue weighted by Crippen LogP contribution is -2.45. The Bertz CT molecular complexity index is 723. The van der Waals surface area contributed by atoms with Crippen molar-refractivity contribution in [1.82, 2.24) is 20.4 Å². The van der Waals surface area contributed by atoms with Gasteiger partial charge in [0.25, 0.3) is 5.91 Å². The summed E-state index contributed by atoms with van der Waals surface area (Å²) in [6.07, 6.45) is 3.42. The number of aromatic nitrogens is 2. The average molecular weight is 353 g/mol. The molecule has 1 aromatic carbocycles. The van der Waals surface area contributed by atoms with Crippen molar-refractivity contribution in [2.45, 2.75) is 26.2 Å². The summed E-state index contributed by atoms with van der Waals surface area (Å²) in [6, 6.07) is 5.19. The Morgan fingerprint density at radius 1 is 1.26 bits per heavy atom. The minimum Gasteiger partial charge on any atom is -0.341 e. The minimum atomic E-state index is -0.197. The van der Waals surface area contributed by atoms with Gasteiger partial charge in [0.1, 0.15) is 5.82 Å². The molecule has 1 aliphatic rings. The van der Waals surface area contributed by atoms with Crippen LogP contribution < -0.4 is 5.43 Å². The van der Waals surface area contributed by atoms with Gasteiger partial charge in [0.2, 0.25) is 0 Å². The van der Waals surface area contributed by atoms with Gasteiger partial charge >= 0.3 is 0 Å². The van der Waals surface area contributed by atoms with Crippen LogP contribution in [0, 0.1) is 6.92 Å². The van der Waals surface area contributed by atoms with E-state index in [4.69, 9.17) is 23.2 Å². The van der Waals surface area contributed by atoms with Crippen molar-refractivity contribution in [3.05, 3.63) is 39.6 Å². The van der Waals surface area contributed by atoms with Crippen molar-refractivity contribution in [3.63, 3.8) is 0 Å². The zero-order valence-corrected chi connectivity index (χ0v) is 14.3. The fourth-order valence-electron chi connectivity index (χ4n) is 2.69. The Labute approximate surface area is 145 Å². The van der Waals surface area contributed by atoms with Crippen molar-refractivity contribution in [2.24, 2.45) is 0 Å². The molecule has 1 aliphatic heterocycles. The van der Waals surface area contributed by atoms with Gasteiger partial charge in [0.15, 0.2) is 5.69 Å². The number of imidazole rings is 1. The predicted octanol–water partition coefficient (Wildman–Crippen LogP) is 3.82. The Morgan fingerprint density at radius 2 is 2.00 bits per heavy atom. The van der Waals surface area contributed by atoms with Gasteiger partial charge < -0.3 is 4.98 Å². The van der Waals surface area contributed by atoms with Gasteiger partial charge in [-0.3, -0.25) is 10.2 Å². The molecule has 122 valence electrons. The molecule has 0 bridgehead atoms. The van der Waals surface area contributed by atoms with E-state index in [1.807, 2.05) is 11.9 Å². The zero-order chi connectivity index (χ0) is 16.4. The van der Waals surface area contributed by atoms with Crippen LogP contribution in [0.2, 0.25) is 10.0 Å². The number of nitrogens with zero attached hydrogens (tertiary/aromatic N) is 2. The topological polar surface area (TPSA) is 61.0 Å². The largest absolute Gasteiger partial charge is 0.341 e. The van der Waals surface area contributed by atoms with Gasteiger partial charge in [-0.25, -0.2) is 9.99 Å². The van der Waals surface area contributed by atoms with Crippen LogP contribution in [0.25, 0.3) is 11.4 Å². The molecule has 2 aromatic rings. The summed E-state index contributed by atoms with van der Waals surface area (Å²) < 4.78 is 0. The normalized spacial score (nSPS) is 15.6. The highest BCUT2D eigenvalue weighted by Crippen LogP contribution is 2.29. The first-order valence-corrected chi connectivity index (χ1v) is 8.38. The Balaban J connectivity index is 1.81. The van der Waals surface area contributed by atoms with E-state index in [0.29, 0.717) is 27.3 Å². The highest BCUT2D eigenvalue weighted by molar-refractivity contribution is 6.36. The summed E-state index contributed by atoms with van der Waals surface area (Å²) in [5.41, 5.74) is 4.74. The number of piperidine rings is 1. The fourth-order valence-corrected chi connectivity index (χ4v) is 3.19. The first kappa shape index (κ1) is 16.3. The third kappa shape index (κ3) is 3.68.